The Kier molecular flexibility index (Phi) is 10.5. The third-order valence-electron chi connectivity index (χ3n) is 6.91. The molecule has 4 nitrogen and oxygen atoms in total. The second-order valence-electron chi connectivity index (χ2n) is 10.1. The van der Waals surface area contributed by atoms with Crippen molar-refractivity contribution in [1.82, 2.24) is 10.2 Å². The van der Waals surface area contributed by atoms with Crippen molar-refractivity contribution in [2.45, 2.75) is 50.6 Å². The van der Waals surface area contributed by atoms with E-state index in [9.17, 15) is 22.8 Å². The van der Waals surface area contributed by atoms with Gasteiger partial charge in [0.25, 0.3) is 0 Å². The highest BCUT2D eigenvalue weighted by atomic mass is 19.4. The molecule has 0 aliphatic heterocycles. The molecule has 0 spiro atoms. The van der Waals surface area contributed by atoms with Crippen molar-refractivity contribution < 1.29 is 22.8 Å². The van der Waals surface area contributed by atoms with Crippen LogP contribution in [0.3, 0.4) is 0 Å². The average Bonchev–Trinajstić information content (AvgIpc) is 2.97. The van der Waals surface area contributed by atoms with Gasteiger partial charge in [-0.05, 0) is 35.1 Å². The molecular weight excluding hydrogens is 525 g/mol. The van der Waals surface area contributed by atoms with Crippen molar-refractivity contribution >= 4 is 11.7 Å². The fraction of sp³-hybridized carbons (Fsp3) is 0.235. The molecule has 41 heavy (non-hydrogen) atoms. The molecule has 212 valence electrons. The number of alkyl halides is 3. The van der Waals surface area contributed by atoms with Crippen LogP contribution in [0.15, 0.2) is 121 Å². The molecule has 7 heteroatoms. The Morgan fingerprint density at radius 1 is 0.610 bits per heavy atom. The van der Waals surface area contributed by atoms with Crippen LogP contribution < -0.4 is 5.32 Å². The van der Waals surface area contributed by atoms with E-state index in [2.05, 4.69) is 10.2 Å². The molecule has 0 fully saturated rings. The zero-order chi connectivity index (χ0) is 29.1. The maximum absolute atomic E-state index is 14.1. The summed E-state index contributed by atoms with van der Waals surface area (Å²) in [7, 11) is 0. The van der Waals surface area contributed by atoms with Crippen LogP contribution in [0.4, 0.5) is 13.2 Å². The van der Waals surface area contributed by atoms with E-state index in [0.717, 1.165) is 22.3 Å². The summed E-state index contributed by atoms with van der Waals surface area (Å²) in [6.07, 6.45) is -4.81. The minimum absolute atomic E-state index is 0.101. The molecule has 1 N–H and O–H groups in total. The van der Waals surface area contributed by atoms with Crippen LogP contribution >= 0.6 is 0 Å². The first kappa shape index (κ1) is 29.7. The Morgan fingerprint density at radius 2 is 1.00 bits per heavy atom. The zero-order valence-corrected chi connectivity index (χ0v) is 22.6. The van der Waals surface area contributed by atoms with Gasteiger partial charge >= 0.3 is 12.1 Å². The lowest BCUT2D eigenvalue weighted by atomic mass is 9.93. The van der Waals surface area contributed by atoms with Gasteiger partial charge in [0.15, 0.2) is 5.78 Å². The van der Waals surface area contributed by atoms with Crippen LogP contribution in [-0.4, -0.2) is 34.9 Å². The summed E-state index contributed by atoms with van der Waals surface area (Å²) in [6, 6.07) is 36.4. The highest BCUT2D eigenvalue weighted by molar-refractivity contribution is 5.87. The van der Waals surface area contributed by atoms with E-state index < -0.39 is 24.2 Å². The number of hydrogen-bond donors (Lipinski definition) is 1. The van der Waals surface area contributed by atoms with Crippen molar-refractivity contribution in [2.24, 2.45) is 0 Å². The molecule has 0 unspecified atom stereocenters. The number of ketones is 1. The number of hydrogen-bond acceptors (Lipinski definition) is 3. The minimum atomic E-state index is -5.05. The summed E-state index contributed by atoms with van der Waals surface area (Å²) in [5.74, 6) is -2.28. The van der Waals surface area contributed by atoms with Gasteiger partial charge in [0, 0.05) is 25.6 Å². The number of carbonyl (C=O) groups is 2. The lowest BCUT2D eigenvalue weighted by Crippen LogP contribution is -2.48. The number of rotatable bonds is 13. The summed E-state index contributed by atoms with van der Waals surface area (Å²) in [4.78, 5) is 28.2. The van der Waals surface area contributed by atoms with Crippen molar-refractivity contribution in [3.05, 3.63) is 144 Å². The molecule has 0 aromatic heterocycles. The first-order valence-corrected chi connectivity index (χ1v) is 13.6. The first-order chi connectivity index (χ1) is 19.8. The van der Waals surface area contributed by atoms with E-state index in [1.807, 2.05) is 91.0 Å². The number of amides is 1. The van der Waals surface area contributed by atoms with Gasteiger partial charge in [-0.15, -0.1) is 0 Å². The normalized spacial score (nSPS) is 13.0. The highest BCUT2D eigenvalue weighted by Crippen LogP contribution is 2.21. The summed E-state index contributed by atoms with van der Waals surface area (Å²) in [5.41, 5.74) is 3.70. The lowest BCUT2D eigenvalue weighted by molar-refractivity contribution is -0.174. The molecule has 0 saturated carbocycles. The molecule has 2 atom stereocenters. The lowest BCUT2D eigenvalue weighted by Gasteiger charge is -2.32. The Balaban J connectivity index is 1.66. The van der Waals surface area contributed by atoms with E-state index in [1.54, 1.807) is 30.3 Å². The van der Waals surface area contributed by atoms with Crippen LogP contribution in [0.5, 0.6) is 0 Å². The molecule has 0 saturated heterocycles. The number of carbonyl (C=O) groups excluding carboxylic acids is 2. The Hall–Kier alpha value is -4.23. The number of nitrogens with zero attached hydrogens (tertiary/aromatic N) is 1. The second-order valence-corrected chi connectivity index (χ2v) is 10.1. The van der Waals surface area contributed by atoms with Gasteiger partial charge in [-0.25, -0.2) is 0 Å². The largest absolute Gasteiger partial charge is 0.471 e. The second kappa shape index (κ2) is 14.4. The van der Waals surface area contributed by atoms with E-state index in [4.69, 9.17) is 0 Å². The molecule has 0 bridgehead atoms. The summed E-state index contributed by atoms with van der Waals surface area (Å²) in [6.45, 7) is 0.939. The fourth-order valence-corrected chi connectivity index (χ4v) is 4.92. The molecular formula is C34H33F3N2O2. The zero-order valence-electron chi connectivity index (χ0n) is 22.6. The number of nitrogens with one attached hydrogen (secondary N) is 1. The van der Waals surface area contributed by atoms with Gasteiger partial charge in [0.1, 0.15) is 0 Å². The smallest absolute Gasteiger partial charge is 0.345 e. The maximum atomic E-state index is 14.1. The quantitative estimate of drug-likeness (QED) is 0.203. The van der Waals surface area contributed by atoms with E-state index in [0.29, 0.717) is 19.5 Å². The topological polar surface area (TPSA) is 49.4 Å². The van der Waals surface area contributed by atoms with E-state index >= 15 is 0 Å². The number of halogens is 3. The van der Waals surface area contributed by atoms with Crippen LogP contribution in [0.2, 0.25) is 0 Å². The van der Waals surface area contributed by atoms with Crippen LogP contribution in [0, 0.1) is 0 Å². The Morgan fingerprint density at radius 3 is 1.41 bits per heavy atom. The van der Waals surface area contributed by atoms with Gasteiger partial charge in [0.05, 0.1) is 6.04 Å². The molecule has 0 radical (unpaired) electrons. The fourth-order valence-electron chi connectivity index (χ4n) is 4.92. The maximum Gasteiger partial charge on any atom is 0.471 e. The Bertz CT molecular complexity index is 1320. The molecule has 0 aliphatic carbocycles. The first-order valence-electron chi connectivity index (χ1n) is 13.6. The molecule has 4 aromatic rings. The predicted molar refractivity (Wildman–Crippen MR) is 154 cm³/mol. The predicted octanol–water partition coefficient (Wildman–Crippen LogP) is 6.55. The van der Waals surface area contributed by atoms with Crippen molar-refractivity contribution in [3.8, 4) is 0 Å². The number of benzene rings is 4. The van der Waals surface area contributed by atoms with E-state index in [1.165, 1.54) is 0 Å². The van der Waals surface area contributed by atoms with Crippen molar-refractivity contribution in [3.63, 3.8) is 0 Å². The third-order valence-corrected chi connectivity index (χ3v) is 6.91. The summed E-state index contributed by atoms with van der Waals surface area (Å²) >= 11 is 0. The number of Topliss-reactive ketones (excluding diaryl/α,β-unsaturated/α-hetero) is 1. The highest BCUT2D eigenvalue weighted by Gasteiger charge is 2.40. The SMILES string of the molecule is O=C(C[C@H](Cc1ccccc1)NC(=O)C(F)(F)F)[C@H](Cc1ccccc1)N(Cc1ccccc1)Cc1ccccc1. The van der Waals surface area contributed by atoms with E-state index in [-0.39, 0.29) is 18.6 Å². The van der Waals surface area contributed by atoms with Crippen LogP contribution in [0.25, 0.3) is 0 Å². The molecule has 4 rings (SSSR count). The van der Waals surface area contributed by atoms with Crippen LogP contribution in [-0.2, 0) is 35.5 Å². The van der Waals surface area contributed by atoms with Gasteiger partial charge < -0.3 is 5.32 Å². The van der Waals surface area contributed by atoms with Gasteiger partial charge in [0.2, 0.25) is 0 Å². The molecule has 1 amide bonds. The van der Waals surface area contributed by atoms with Crippen molar-refractivity contribution in [2.75, 3.05) is 0 Å². The third kappa shape index (κ3) is 9.43. The molecule has 4 aromatic carbocycles. The molecule has 0 aliphatic rings. The summed E-state index contributed by atoms with van der Waals surface area (Å²) in [5, 5.41) is 2.09. The van der Waals surface area contributed by atoms with Gasteiger partial charge in [-0.2, -0.15) is 13.2 Å². The van der Waals surface area contributed by atoms with Crippen LogP contribution in [0.1, 0.15) is 28.7 Å². The standard InChI is InChI=1S/C34H33F3N2O2/c35-34(36,37)33(41)38-30(21-26-13-5-1-6-14-26)23-32(40)31(22-27-15-7-2-8-16-27)39(24-28-17-9-3-10-18-28)25-29-19-11-4-12-20-29/h1-20,30-31H,21-25H2,(H,38,41)/t30-,31-/m0/s1. The van der Waals surface area contributed by atoms with Gasteiger partial charge in [-0.3, -0.25) is 14.5 Å². The Labute approximate surface area is 238 Å². The van der Waals surface area contributed by atoms with Crippen molar-refractivity contribution in [1.29, 1.82) is 0 Å². The van der Waals surface area contributed by atoms with Gasteiger partial charge in [-0.1, -0.05) is 121 Å². The minimum Gasteiger partial charge on any atom is -0.345 e. The monoisotopic (exact) mass is 558 g/mol. The molecule has 0 heterocycles. The summed E-state index contributed by atoms with van der Waals surface area (Å²) < 4.78 is 39.7. The average molecular weight is 559 g/mol.